The van der Waals surface area contributed by atoms with Gasteiger partial charge in [-0.05, 0) is 63.2 Å². The fourth-order valence-electron chi connectivity index (χ4n) is 3.34. The van der Waals surface area contributed by atoms with Gasteiger partial charge in [0.25, 0.3) is 0 Å². The van der Waals surface area contributed by atoms with Crippen molar-refractivity contribution >= 4 is 0 Å². The molecule has 1 aromatic carbocycles. The number of nitrogens with zero attached hydrogens (tertiary/aromatic N) is 1. The summed E-state index contributed by atoms with van der Waals surface area (Å²) in [6.45, 7) is 2.19. The molecule has 0 aromatic heterocycles. The van der Waals surface area contributed by atoms with Gasteiger partial charge < -0.3 is 15.3 Å². The van der Waals surface area contributed by atoms with Crippen molar-refractivity contribution in [1.82, 2.24) is 10.2 Å². The van der Waals surface area contributed by atoms with Crippen LogP contribution in [0.15, 0.2) is 24.3 Å². The number of hydrogen-bond donors (Lipinski definition) is 2. The number of aliphatic hydroxyl groups excluding tert-OH is 1. The lowest BCUT2D eigenvalue weighted by molar-refractivity contribution is 0.244. The third-order valence-corrected chi connectivity index (χ3v) is 4.74. The van der Waals surface area contributed by atoms with Crippen LogP contribution in [-0.2, 0) is 6.54 Å². The van der Waals surface area contributed by atoms with Crippen LogP contribution in [0.2, 0.25) is 0 Å². The number of aliphatic hydroxyl groups is 1. The highest BCUT2D eigenvalue weighted by molar-refractivity contribution is 5.25. The Hall–Kier alpha value is -0.900. The normalized spacial score (nSPS) is 22.7. The molecule has 2 rings (SSSR count). The van der Waals surface area contributed by atoms with Gasteiger partial charge in [-0.1, -0.05) is 24.3 Å². The largest absolute Gasteiger partial charge is 0.396 e. The molecule has 0 radical (unpaired) electrons. The minimum atomic E-state index is 0.276. The Morgan fingerprint density at radius 1 is 1.14 bits per heavy atom. The van der Waals surface area contributed by atoms with Gasteiger partial charge in [-0.25, -0.2) is 0 Å². The maximum Gasteiger partial charge on any atom is 0.0443 e. The third-order valence-electron chi connectivity index (χ3n) is 4.74. The van der Waals surface area contributed by atoms with E-state index < -0.39 is 0 Å². The molecular formula is C18H30N2O. The van der Waals surface area contributed by atoms with Gasteiger partial charge in [-0.3, -0.25) is 0 Å². The standard InChI is InChI=1S/C18H30N2O/c1-19-18-10-8-17(9-11-18)16-6-4-15(5-7-16)14-20(2)12-3-13-21/h4-7,17-19,21H,3,8-14H2,1-2H3/t17-,18-. The molecule has 0 aliphatic heterocycles. The Morgan fingerprint density at radius 2 is 1.81 bits per heavy atom. The van der Waals surface area contributed by atoms with Crippen molar-refractivity contribution in [3.05, 3.63) is 35.4 Å². The van der Waals surface area contributed by atoms with Gasteiger partial charge in [0.1, 0.15) is 0 Å². The predicted octanol–water partition coefficient (Wildman–Crippen LogP) is 2.75. The van der Waals surface area contributed by atoms with Crippen molar-refractivity contribution in [2.24, 2.45) is 0 Å². The molecule has 0 amide bonds. The second-order valence-corrected chi connectivity index (χ2v) is 6.39. The molecule has 1 aliphatic rings. The van der Waals surface area contributed by atoms with Crippen LogP contribution in [0.25, 0.3) is 0 Å². The number of nitrogens with one attached hydrogen (secondary N) is 1. The highest BCUT2D eigenvalue weighted by atomic mass is 16.3. The monoisotopic (exact) mass is 290 g/mol. The van der Waals surface area contributed by atoms with Gasteiger partial charge in [0, 0.05) is 25.7 Å². The van der Waals surface area contributed by atoms with E-state index in [1.165, 1.54) is 36.8 Å². The van der Waals surface area contributed by atoms with Gasteiger partial charge in [0.05, 0.1) is 0 Å². The fourth-order valence-corrected chi connectivity index (χ4v) is 3.34. The quantitative estimate of drug-likeness (QED) is 0.810. The highest BCUT2D eigenvalue weighted by Crippen LogP contribution is 2.32. The van der Waals surface area contributed by atoms with Crippen molar-refractivity contribution in [3.63, 3.8) is 0 Å². The van der Waals surface area contributed by atoms with Crippen molar-refractivity contribution in [3.8, 4) is 0 Å². The summed E-state index contributed by atoms with van der Waals surface area (Å²) in [5.74, 6) is 0.746. The SMILES string of the molecule is CN[C@H]1CC[C@H](c2ccc(CN(C)CCCO)cc2)CC1. The topological polar surface area (TPSA) is 35.5 Å². The van der Waals surface area contributed by atoms with E-state index in [4.69, 9.17) is 5.11 Å². The molecule has 0 spiro atoms. The fraction of sp³-hybridized carbons (Fsp3) is 0.667. The second-order valence-electron chi connectivity index (χ2n) is 6.39. The van der Waals surface area contributed by atoms with Gasteiger partial charge in [0.2, 0.25) is 0 Å². The van der Waals surface area contributed by atoms with E-state index >= 15 is 0 Å². The van der Waals surface area contributed by atoms with E-state index in [0.717, 1.165) is 31.5 Å². The highest BCUT2D eigenvalue weighted by Gasteiger charge is 2.21. The maximum atomic E-state index is 8.87. The van der Waals surface area contributed by atoms with Crippen LogP contribution in [0.5, 0.6) is 0 Å². The summed E-state index contributed by atoms with van der Waals surface area (Å²) < 4.78 is 0. The first-order chi connectivity index (χ1) is 10.2. The summed E-state index contributed by atoms with van der Waals surface area (Å²) >= 11 is 0. The molecule has 3 nitrogen and oxygen atoms in total. The number of benzene rings is 1. The molecule has 0 atom stereocenters. The van der Waals surface area contributed by atoms with Crippen LogP contribution in [-0.4, -0.2) is 43.3 Å². The summed E-state index contributed by atoms with van der Waals surface area (Å²) in [4.78, 5) is 2.27. The van der Waals surface area contributed by atoms with Gasteiger partial charge >= 0.3 is 0 Å². The molecule has 3 heteroatoms. The Balaban J connectivity index is 1.84. The summed E-state index contributed by atoms with van der Waals surface area (Å²) in [5.41, 5.74) is 2.87. The summed E-state index contributed by atoms with van der Waals surface area (Å²) in [7, 11) is 4.19. The predicted molar refractivity (Wildman–Crippen MR) is 88.5 cm³/mol. The zero-order chi connectivity index (χ0) is 15.1. The van der Waals surface area contributed by atoms with Gasteiger partial charge in [0.15, 0.2) is 0 Å². The average molecular weight is 290 g/mol. The summed E-state index contributed by atoms with van der Waals surface area (Å²) in [6.07, 6.45) is 6.06. The third kappa shape index (κ3) is 5.10. The lowest BCUT2D eigenvalue weighted by Gasteiger charge is -2.28. The Labute approximate surface area is 129 Å². The molecular weight excluding hydrogens is 260 g/mol. The van der Waals surface area contributed by atoms with Crippen LogP contribution < -0.4 is 5.32 Å². The van der Waals surface area contributed by atoms with Crippen LogP contribution in [0.4, 0.5) is 0 Å². The molecule has 1 saturated carbocycles. The maximum absolute atomic E-state index is 8.87. The molecule has 0 heterocycles. The minimum absolute atomic E-state index is 0.276. The van der Waals surface area contributed by atoms with E-state index in [9.17, 15) is 0 Å². The second kappa shape index (κ2) is 8.52. The van der Waals surface area contributed by atoms with Crippen molar-refractivity contribution in [1.29, 1.82) is 0 Å². The molecule has 118 valence electrons. The van der Waals surface area contributed by atoms with Crippen LogP contribution in [0, 0.1) is 0 Å². The molecule has 2 N–H and O–H groups in total. The molecule has 1 fully saturated rings. The zero-order valence-electron chi connectivity index (χ0n) is 13.5. The van der Waals surface area contributed by atoms with Crippen molar-refractivity contribution in [2.45, 2.75) is 50.6 Å². The van der Waals surface area contributed by atoms with Crippen molar-refractivity contribution in [2.75, 3.05) is 27.2 Å². The van der Waals surface area contributed by atoms with Gasteiger partial charge in [-0.2, -0.15) is 0 Å². The Kier molecular flexibility index (Phi) is 6.68. The summed E-state index contributed by atoms with van der Waals surface area (Å²) in [6, 6.07) is 9.91. The molecule has 0 unspecified atom stereocenters. The molecule has 21 heavy (non-hydrogen) atoms. The lowest BCUT2D eigenvalue weighted by atomic mass is 9.81. The van der Waals surface area contributed by atoms with E-state index in [2.05, 4.69) is 48.6 Å². The first kappa shape index (κ1) is 16.5. The van der Waals surface area contributed by atoms with Crippen molar-refractivity contribution < 1.29 is 5.11 Å². The first-order valence-electron chi connectivity index (χ1n) is 8.28. The average Bonchev–Trinajstić information content (AvgIpc) is 2.54. The van der Waals surface area contributed by atoms with Crippen LogP contribution in [0.3, 0.4) is 0 Å². The smallest absolute Gasteiger partial charge is 0.0443 e. The van der Waals surface area contributed by atoms with Gasteiger partial charge in [-0.15, -0.1) is 0 Å². The Morgan fingerprint density at radius 3 is 2.38 bits per heavy atom. The minimum Gasteiger partial charge on any atom is -0.396 e. The number of rotatable bonds is 7. The molecule has 1 aromatic rings. The van der Waals surface area contributed by atoms with E-state index in [1.807, 2.05) is 0 Å². The summed E-state index contributed by atoms with van der Waals surface area (Å²) in [5, 5.41) is 12.3. The van der Waals surface area contributed by atoms with E-state index in [0.29, 0.717) is 0 Å². The Bertz CT molecular complexity index is 396. The zero-order valence-corrected chi connectivity index (χ0v) is 13.5. The molecule has 0 bridgehead atoms. The van der Waals surface area contributed by atoms with E-state index in [1.54, 1.807) is 0 Å². The first-order valence-corrected chi connectivity index (χ1v) is 8.28. The van der Waals surface area contributed by atoms with E-state index in [-0.39, 0.29) is 6.61 Å². The lowest BCUT2D eigenvalue weighted by Crippen LogP contribution is -2.29. The molecule has 1 aliphatic carbocycles. The molecule has 0 saturated heterocycles. The van der Waals surface area contributed by atoms with Crippen LogP contribution in [0.1, 0.15) is 49.1 Å². The van der Waals surface area contributed by atoms with Crippen LogP contribution >= 0.6 is 0 Å². The number of hydrogen-bond acceptors (Lipinski definition) is 3.